The van der Waals surface area contributed by atoms with Crippen LogP contribution in [0.15, 0.2) is 18.2 Å². The Morgan fingerprint density at radius 3 is 2.59 bits per heavy atom. The van der Waals surface area contributed by atoms with Crippen LogP contribution in [0.3, 0.4) is 0 Å². The van der Waals surface area contributed by atoms with Gasteiger partial charge in [0.1, 0.15) is 5.82 Å². The van der Waals surface area contributed by atoms with Crippen LogP contribution in [0.1, 0.15) is 25.3 Å². The summed E-state index contributed by atoms with van der Waals surface area (Å²) in [6.45, 7) is 4.13. The van der Waals surface area contributed by atoms with Gasteiger partial charge in [0.05, 0.1) is 10.7 Å². The fourth-order valence-electron chi connectivity index (χ4n) is 1.85. The van der Waals surface area contributed by atoms with Crippen molar-refractivity contribution in [2.75, 3.05) is 5.73 Å². The molecule has 0 spiro atoms. The van der Waals surface area contributed by atoms with Gasteiger partial charge < -0.3 is 5.73 Å². The number of nitrogens with zero attached hydrogens (tertiary/aromatic N) is 1. The minimum Gasteiger partial charge on any atom is -0.382 e. The van der Waals surface area contributed by atoms with Crippen LogP contribution in [-0.2, 0) is 0 Å². The first-order valence-electron chi connectivity index (χ1n) is 5.30. The maximum absolute atomic E-state index is 6.18. The molecule has 0 fully saturated rings. The summed E-state index contributed by atoms with van der Waals surface area (Å²) in [6.07, 6.45) is 0. The molecule has 17 heavy (non-hydrogen) atoms. The van der Waals surface area contributed by atoms with Gasteiger partial charge in [0, 0.05) is 16.1 Å². The zero-order chi connectivity index (χ0) is 12.6. The van der Waals surface area contributed by atoms with E-state index in [1.165, 1.54) is 0 Å². The van der Waals surface area contributed by atoms with E-state index in [-0.39, 0.29) is 5.92 Å². The molecule has 2 aromatic rings. The lowest BCUT2D eigenvalue weighted by molar-refractivity contribution is 0.873. The number of aromatic amines is 1. The molecular weight excluding hydrogens is 257 g/mol. The first kappa shape index (κ1) is 12.3. The number of rotatable bonds is 2. The monoisotopic (exact) mass is 269 g/mol. The van der Waals surface area contributed by atoms with Crippen molar-refractivity contribution in [3.05, 3.63) is 33.8 Å². The van der Waals surface area contributed by atoms with E-state index < -0.39 is 0 Å². The van der Waals surface area contributed by atoms with Crippen molar-refractivity contribution in [2.45, 2.75) is 19.8 Å². The van der Waals surface area contributed by atoms with Crippen LogP contribution < -0.4 is 5.73 Å². The molecule has 0 atom stereocenters. The van der Waals surface area contributed by atoms with Crippen LogP contribution in [0, 0.1) is 0 Å². The molecular formula is C12H13Cl2N3. The number of nitrogens with two attached hydrogens (primary N) is 1. The van der Waals surface area contributed by atoms with Crippen LogP contribution in [0.5, 0.6) is 0 Å². The summed E-state index contributed by atoms with van der Waals surface area (Å²) in [6, 6.07) is 5.37. The molecule has 3 nitrogen and oxygen atoms in total. The third kappa shape index (κ3) is 2.26. The van der Waals surface area contributed by atoms with E-state index in [4.69, 9.17) is 28.9 Å². The Morgan fingerprint density at radius 1 is 1.29 bits per heavy atom. The van der Waals surface area contributed by atoms with Gasteiger partial charge in [0.15, 0.2) is 0 Å². The van der Waals surface area contributed by atoms with Crippen LogP contribution >= 0.6 is 23.2 Å². The Morgan fingerprint density at radius 2 is 2.00 bits per heavy atom. The molecule has 0 saturated heterocycles. The summed E-state index contributed by atoms with van der Waals surface area (Å²) in [4.78, 5) is 0. The quantitative estimate of drug-likeness (QED) is 0.863. The Hall–Kier alpha value is -1.19. The molecule has 90 valence electrons. The first-order chi connectivity index (χ1) is 8.00. The summed E-state index contributed by atoms with van der Waals surface area (Å²) >= 11 is 12.1. The fraction of sp³-hybridized carbons (Fsp3) is 0.250. The standard InChI is InChI=1S/C12H13Cl2N3/c1-6(2)10-11(16-17-12(10)15)8-4-3-7(13)5-9(8)14/h3-6H,1-2H3,(H3,15,16,17). The van der Waals surface area contributed by atoms with E-state index >= 15 is 0 Å². The second kappa shape index (κ2) is 4.59. The Labute approximate surface area is 110 Å². The molecule has 2 rings (SSSR count). The molecule has 0 bridgehead atoms. The van der Waals surface area contributed by atoms with E-state index in [0.29, 0.717) is 15.9 Å². The van der Waals surface area contributed by atoms with Gasteiger partial charge in [0.25, 0.3) is 0 Å². The number of aromatic nitrogens is 2. The highest BCUT2D eigenvalue weighted by Crippen LogP contribution is 2.36. The lowest BCUT2D eigenvalue weighted by Gasteiger charge is -2.09. The van der Waals surface area contributed by atoms with Crippen molar-refractivity contribution in [2.24, 2.45) is 0 Å². The number of anilines is 1. The van der Waals surface area contributed by atoms with Gasteiger partial charge in [-0.15, -0.1) is 0 Å². The van der Waals surface area contributed by atoms with Crippen molar-refractivity contribution in [1.82, 2.24) is 10.2 Å². The van der Waals surface area contributed by atoms with Crippen molar-refractivity contribution >= 4 is 29.0 Å². The minimum absolute atomic E-state index is 0.274. The Kier molecular flexibility index (Phi) is 3.31. The molecule has 0 radical (unpaired) electrons. The SMILES string of the molecule is CC(C)c1c(N)n[nH]c1-c1ccc(Cl)cc1Cl. The largest absolute Gasteiger partial charge is 0.382 e. The highest BCUT2D eigenvalue weighted by molar-refractivity contribution is 6.36. The number of hydrogen-bond donors (Lipinski definition) is 2. The van der Waals surface area contributed by atoms with Gasteiger partial charge in [-0.3, -0.25) is 5.10 Å². The van der Waals surface area contributed by atoms with Crippen molar-refractivity contribution in [1.29, 1.82) is 0 Å². The predicted molar refractivity (Wildman–Crippen MR) is 72.5 cm³/mol. The highest BCUT2D eigenvalue weighted by atomic mass is 35.5. The topological polar surface area (TPSA) is 54.7 Å². The maximum atomic E-state index is 6.18. The second-order valence-corrected chi connectivity index (χ2v) is 5.02. The lowest BCUT2D eigenvalue weighted by atomic mass is 9.99. The third-order valence-corrected chi connectivity index (χ3v) is 3.16. The van der Waals surface area contributed by atoms with Crippen LogP contribution in [0.2, 0.25) is 10.0 Å². The van der Waals surface area contributed by atoms with Gasteiger partial charge in [-0.2, -0.15) is 5.10 Å². The molecule has 1 heterocycles. The van der Waals surface area contributed by atoms with E-state index in [1.807, 2.05) is 6.07 Å². The van der Waals surface area contributed by atoms with Gasteiger partial charge in [-0.1, -0.05) is 37.0 Å². The lowest BCUT2D eigenvalue weighted by Crippen LogP contribution is -1.95. The number of nitrogens with one attached hydrogen (secondary N) is 1. The zero-order valence-corrected chi connectivity index (χ0v) is 11.1. The second-order valence-electron chi connectivity index (χ2n) is 4.18. The number of hydrogen-bond acceptors (Lipinski definition) is 2. The van der Waals surface area contributed by atoms with Gasteiger partial charge >= 0.3 is 0 Å². The normalized spacial score (nSPS) is 11.1. The molecule has 0 saturated carbocycles. The summed E-state index contributed by atoms with van der Waals surface area (Å²) in [5.41, 5.74) is 8.55. The van der Waals surface area contributed by atoms with Gasteiger partial charge in [0.2, 0.25) is 0 Å². The fourth-order valence-corrected chi connectivity index (χ4v) is 2.35. The van der Waals surface area contributed by atoms with E-state index in [2.05, 4.69) is 24.0 Å². The number of H-pyrrole nitrogens is 1. The van der Waals surface area contributed by atoms with E-state index in [9.17, 15) is 0 Å². The highest BCUT2D eigenvalue weighted by Gasteiger charge is 2.17. The van der Waals surface area contributed by atoms with Crippen LogP contribution in [0.25, 0.3) is 11.3 Å². The van der Waals surface area contributed by atoms with Crippen molar-refractivity contribution in [3.63, 3.8) is 0 Å². The molecule has 0 aliphatic heterocycles. The Balaban J connectivity index is 2.61. The summed E-state index contributed by atoms with van der Waals surface area (Å²) < 4.78 is 0. The van der Waals surface area contributed by atoms with Crippen LogP contribution in [-0.4, -0.2) is 10.2 Å². The van der Waals surface area contributed by atoms with Gasteiger partial charge in [-0.25, -0.2) is 0 Å². The molecule has 1 aromatic carbocycles. The van der Waals surface area contributed by atoms with Gasteiger partial charge in [-0.05, 0) is 24.1 Å². The molecule has 1 aromatic heterocycles. The zero-order valence-electron chi connectivity index (χ0n) is 9.59. The van der Waals surface area contributed by atoms with Crippen LogP contribution in [0.4, 0.5) is 5.82 Å². The number of benzene rings is 1. The average molecular weight is 270 g/mol. The molecule has 5 heteroatoms. The molecule has 0 unspecified atom stereocenters. The van der Waals surface area contributed by atoms with E-state index in [0.717, 1.165) is 16.8 Å². The predicted octanol–water partition coefficient (Wildman–Crippen LogP) is 4.09. The minimum atomic E-state index is 0.274. The Bertz CT molecular complexity index is 547. The number of halogens is 2. The summed E-state index contributed by atoms with van der Waals surface area (Å²) in [7, 11) is 0. The van der Waals surface area contributed by atoms with Crippen molar-refractivity contribution < 1.29 is 0 Å². The average Bonchev–Trinajstić information content (AvgIpc) is 2.60. The number of nitrogen functional groups attached to an aromatic ring is 1. The van der Waals surface area contributed by atoms with Crippen molar-refractivity contribution in [3.8, 4) is 11.3 Å². The molecule has 0 aliphatic rings. The third-order valence-electron chi connectivity index (χ3n) is 2.61. The molecule has 3 N–H and O–H groups in total. The maximum Gasteiger partial charge on any atom is 0.149 e. The first-order valence-corrected chi connectivity index (χ1v) is 6.05. The molecule has 0 amide bonds. The smallest absolute Gasteiger partial charge is 0.149 e. The van der Waals surface area contributed by atoms with E-state index in [1.54, 1.807) is 12.1 Å². The summed E-state index contributed by atoms with van der Waals surface area (Å²) in [5.74, 6) is 0.788. The molecule has 0 aliphatic carbocycles. The summed E-state index contributed by atoms with van der Waals surface area (Å²) in [5, 5.41) is 8.16.